The first-order valence-electron chi connectivity index (χ1n) is 8.62. The van der Waals surface area contributed by atoms with Crippen molar-refractivity contribution in [1.29, 1.82) is 0 Å². The smallest absolute Gasteiger partial charge is 0.350 e. The summed E-state index contributed by atoms with van der Waals surface area (Å²) in [4.78, 5) is 24.2. The SMILES string of the molecule is CS(=O)(=O)NC1CCCC1CNC(=O)CCn1nc2ccccn2c1=O. The molecule has 2 aromatic rings. The van der Waals surface area contributed by atoms with E-state index in [9.17, 15) is 18.0 Å². The molecule has 2 aromatic heterocycles. The standard InChI is InChI=1S/C16H23N5O4S/c1-26(24,25)19-13-6-4-5-12(13)11-17-15(22)8-10-21-16(23)20-9-3-2-7-14(20)18-21/h2-3,7,9,12-13,19H,4-6,8,10-11H2,1H3,(H,17,22). The van der Waals surface area contributed by atoms with E-state index in [4.69, 9.17) is 0 Å². The highest BCUT2D eigenvalue weighted by atomic mass is 32.2. The molecule has 1 aliphatic carbocycles. The molecule has 1 fully saturated rings. The van der Waals surface area contributed by atoms with Gasteiger partial charge in [-0.2, -0.15) is 0 Å². The maximum Gasteiger partial charge on any atom is 0.350 e. The number of hydrogen-bond acceptors (Lipinski definition) is 5. The normalized spacial score (nSPS) is 20.5. The first-order chi connectivity index (χ1) is 12.3. The lowest BCUT2D eigenvalue weighted by Gasteiger charge is -2.20. The molecule has 2 N–H and O–H groups in total. The molecule has 9 nitrogen and oxygen atoms in total. The minimum Gasteiger partial charge on any atom is -0.356 e. The number of nitrogens with one attached hydrogen (secondary N) is 2. The van der Waals surface area contributed by atoms with E-state index in [1.165, 1.54) is 9.08 Å². The average Bonchev–Trinajstić information content (AvgIpc) is 3.14. The fraction of sp³-hybridized carbons (Fsp3) is 0.562. The highest BCUT2D eigenvalue weighted by Gasteiger charge is 2.29. The van der Waals surface area contributed by atoms with Crippen LogP contribution in [0, 0.1) is 5.92 Å². The Hall–Kier alpha value is -2.20. The van der Waals surface area contributed by atoms with Crippen molar-refractivity contribution < 1.29 is 13.2 Å². The van der Waals surface area contributed by atoms with Crippen molar-refractivity contribution in [2.75, 3.05) is 12.8 Å². The van der Waals surface area contributed by atoms with E-state index in [0.29, 0.717) is 12.2 Å². The molecule has 142 valence electrons. The minimum atomic E-state index is -3.25. The predicted octanol–water partition coefficient (Wildman–Crippen LogP) is -0.280. The second kappa shape index (κ2) is 7.58. The van der Waals surface area contributed by atoms with Crippen LogP contribution in [0.1, 0.15) is 25.7 Å². The molecule has 2 atom stereocenters. The molecule has 2 heterocycles. The predicted molar refractivity (Wildman–Crippen MR) is 96.2 cm³/mol. The monoisotopic (exact) mass is 381 g/mol. The van der Waals surface area contributed by atoms with Crippen LogP contribution < -0.4 is 15.7 Å². The topological polar surface area (TPSA) is 115 Å². The van der Waals surface area contributed by atoms with Gasteiger partial charge in [0.05, 0.1) is 12.8 Å². The second-order valence-corrected chi connectivity index (χ2v) is 8.46. The molecule has 1 aliphatic rings. The number of carbonyl (C=O) groups excluding carboxylic acids is 1. The van der Waals surface area contributed by atoms with Crippen molar-refractivity contribution in [3.05, 3.63) is 34.9 Å². The Morgan fingerprint density at radius 1 is 1.35 bits per heavy atom. The quantitative estimate of drug-likeness (QED) is 0.685. The molecule has 0 aromatic carbocycles. The van der Waals surface area contributed by atoms with Crippen LogP contribution in [0.3, 0.4) is 0 Å². The second-order valence-electron chi connectivity index (χ2n) is 6.68. The number of pyridine rings is 1. The molecular weight excluding hydrogens is 358 g/mol. The summed E-state index contributed by atoms with van der Waals surface area (Å²) in [6.45, 7) is 0.619. The van der Waals surface area contributed by atoms with Crippen LogP contribution in [-0.4, -0.2) is 47.3 Å². The Kier molecular flexibility index (Phi) is 5.42. The van der Waals surface area contributed by atoms with E-state index in [0.717, 1.165) is 25.5 Å². The maximum absolute atomic E-state index is 12.2. The number of hydrogen-bond donors (Lipinski definition) is 2. The van der Waals surface area contributed by atoms with Gasteiger partial charge in [-0.05, 0) is 30.9 Å². The van der Waals surface area contributed by atoms with Crippen LogP contribution in [0.2, 0.25) is 0 Å². The molecule has 0 saturated heterocycles. The number of amides is 1. The fourth-order valence-electron chi connectivity index (χ4n) is 3.37. The van der Waals surface area contributed by atoms with Gasteiger partial charge in [0.15, 0.2) is 5.65 Å². The van der Waals surface area contributed by atoms with Gasteiger partial charge in [0.25, 0.3) is 0 Å². The molecule has 0 spiro atoms. The summed E-state index contributed by atoms with van der Waals surface area (Å²) in [7, 11) is -3.25. The van der Waals surface area contributed by atoms with Crippen molar-refractivity contribution in [2.45, 2.75) is 38.3 Å². The number of aromatic nitrogens is 3. The van der Waals surface area contributed by atoms with Gasteiger partial charge in [-0.3, -0.25) is 9.20 Å². The number of aryl methyl sites for hydroxylation is 1. The van der Waals surface area contributed by atoms with Gasteiger partial charge < -0.3 is 5.32 Å². The Balaban J connectivity index is 1.51. The molecule has 0 aliphatic heterocycles. The lowest BCUT2D eigenvalue weighted by atomic mass is 10.0. The lowest BCUT2D eigenvalue weighted by Crippen LogP contribution is -2.41. The summed E-state index contributed by atoms with van der Waals surface area (Å²) >= 11 is 0. The molecule has 0 radical (unpaired) electrons. The molecule has 1 saturated carbocycles. The van der Waals surface area contributed by atoms with Gasteiger partial charge in [0.1, 0.15) is 0 Å². The van der Waals surface area contributed by atoms with Crippen molar-refractivity contribution in [2.24, 2.45) is 5.92 Å². The van der Waals surface area contributed by atoms with Crippen LogP contribution in [-0.2, 0) is 21.4 Å². The van der Waals surface area contributed by atoms with Crippen molar-refractivity contribution >= 4 is 21.6 Å². The lowest BCUT2D eigenvalue weighted by molar-refractivity contribution is -0.121. The van der Waals surface area contributed by atoms with E-state index >= 15 is 0 Å². The summed E-state index contributed by atoms with van der Waals surface area (Å²) in [6, 6.07) is 5.13. The van der Waals surface area contributed by atoms with E-state index in [2.05, 4.69) is 15.1 Å². The average molecular weight is 381 g/mol. The highest BCUT2D eigenvalue weighted by Crippen LogP contribution is 2.25. The van der Waals surface area contributed by atoms with Gasteiger partial charge >= 0.3 is 5.69 Å². The molecule has 0 bridgehead atoms. The number of fused-ring (bicyclic) bond motifs is 1. The van der Waals surface area contributed by atoms with E-state index in [1.54, 1.807) is 24.4 Å². The third-order valence-corrected chi connectivity index (χ3v) is 5.36. The molecule has 1 amide bonds. The van der Waals surface area contributed by atoms with Gasteiger partial charge in [-0.15, -0.1) is 5.10 Å². The zero-order valence-corrected chi connectivity index (χ0v) is 15.4. The van der Waals surface area contributed by atoms with E-state index in [-0.39, 0.29) is 36.5 Å². The zero-order valence-electron chi connectivity index (χ0n) is 14.6. The van der Waals surface area contributed by atoms with Gasteiger partial charge in [-0.25, -0.2) is 22.6 Å². The summed E-state index contributed by atoms with van der Waals surface area (Å²) in [6.07, 6.45) is 5.51. The number of sulfonamides is 1. The Labute approximate surface area is 151 Å². The van der Waals surface area contributed by atoms with Crippen LogP contribution in [0.25, 0.3) is 5.65 Å². The van der Waals surface area contributed by atoms with Crippen molar-refractivity contribution in [1.82, 2.24) is 24.2 Å². The van der Waals surface area contributed by atoms with Gasteiger partial charge in [0, 0.05) is 25.2 Å². The fourth-order valence-corrected chi connectivity index (χ4v) is 4.23. The highest BCUT2D eigenvalue weighted by molar-refractivity contribution is 7.88. The van der Waals surface area contributed by atoms with Crippen LogP contribution in [0.4, 0.5) is 0 Å². The van der Waals surface area contributed by atoms with Crippen molar-refractivity contribution in [3.63, 3.8) is 0 Å². The maximum atomic E-state index is 12.2. The minimum absolute atomic E-state index is 0.0894. The van der Waals surface area contributed by atoms with Crippen molar-refractivity contribution in [3.8, 4) is 0 Å². The summed E-state index contributed by atoms with van der Waals surface area (Å²) in [5, 5.41) is 7.02. The molecule has 26 heavy (non-hydrogen) atoms. The summed E-state index contributed by atoms with van der Waals surface area (Å²) in [5.74, 6) is -0.0921. The third kappa shape index (κ3) is 4.50. The number of nitrogens with zero attached hydrogens (tertiary/aromatic N) is 3. The molecule has 10 heteroatoms. The van der Waals surface area contributed by atoms with Gasteiger partial charge in [-0.1, -0.05) is 12.5 Å². The van der Waals surface area contributed by atoms with E-state index < -0.39 is 10.0 Å². The summed E-state index contributed by atoms with van der Waals surface area (Å²) in [5.41, 5.74) is 0.264. The molecular formula is C16H23N5O4S. The van der Waals surface area contributed by atoms with Gasteiger partial charge in [0.2, 0.25) is 15.9 Å². The Morgan fingerprint density at radius 3 is 2.88 bits per heavy atom. The van der Waals surface area contributed by atoms with E-state index in [1.807, 2.05) is 0 Å². The number of rotatable bonds is 7. The Morgan fingerprint density at radius 2 is 2.15 bits per heavy atom. The van der Waals surface area contributed by atoms with Crippen LogP contribution in [0.5, 0.6) is 0 Å². The van der Waals surface area contributed by atoms with Crippen LogP contribution >= 0.6 is 0 Å². The summed E-state index contributed by atoms with van der Waals surface area (Å²) < 4.78 is 28.1. The molecule has 2 unspecified atom stereocenters. The van der Waals surface area contributed by atoms with Crippen LogP contribution in [0.15, 0.2) is 29.2 Å². The zero-order chi connectivity index (χ0) is 18.7. The third-order valence-electron chi connectivity index (χ3n) is 4.63. The molecule has 3 rings (SSSR count). The number of carbonyl (C=O) groups is 1. The first kappa shape index (κ1) is 18.6. The Bertz CT molecular complexity index is 949. The first-order valence-corrected chi connectivity index (χ1v) is 10.5. The largest absolute Gasteiger partial charge is 0.356 e.